The molecule has 0 fully saturated rings. The Labute approximate surface area is 60.0 Å². The zero-order valence-electron chi connectivity index (χ0n) is 4.17. The first-order chi connectivity index (χ1) is 3.00. The summed E-state index contributed by atoms with van der Waals surface area (Å²) >= 11 is 0. The Kier molecular flexibility index (Phi) is 15.2. The molecule has 0 aromatic heterocycles. The van der Waals surface area contributed by atoms with Gasteiger partial charge in [-0.1, -0.05) is 0 Å². The van der Waals surface area contributed by atoms with Gasteiger partial charge in [0.1, 0.15) is 0 Å². The van der Waals surface area contributed by atoms with Crippen LogP contribution >= 0.6 is 0 Å². The van der Waals surface area contributed by atoms with Gasteiger partial charge in [-0.25, -0.2) is 18.6 Å². The standard InChI is InChI=1S/ClHO4.Li.H4N2/c2-1(3,4)5;;1-2/h(H,2,3,4,5);;1-2H2/q;+1;/p-1. The third-order valence-corrected chi connectivity index (χ3v) is 0. The SMILES string of the molecule is NN.[Li+].[O-][Cl+3]([O-])([O-])[O-]. The van der Waals surface area contributed by atoms with E-state index < -0.39 is 10.2 Å². The molecule has 0 aromatic rings. The smallest absolute Gasteiger partial charge is 0.274 e. The average molecular weight is 138 g/mol. The summed E-state index contributed by atoms with van der Waals surface area (Å²) in [6.07, 6.45) is 0. The predicted octanol–water partition coefficient (Wildman–Crippen LogP) is -8.93. The number of hydrogen-bond acceptors (Lipinski definition) is 6. The molecule has 8 heavy (non-hydrogen) atoms. The molecular weight excluding hydrogens is 134 g/mol. The van der Waals surface area contributed by atoms with Gasteiger partial charge in [-0.15, -0.1) is 10.2 Å². The number of hydrazine groups is 1. The molecule has 0 radical (unpaired) electrons. The summed E-state index contributed by atoms with van der Waals surface area (Å²) in [5, 5.41) is 0. The Hall–Kier alpha value is 0.647. The molecule has 6 nitrogen and oxygen atoms in total. The van der Waals surface area contributed by atoms with Crippen LogP contribution in [0.3, 0.4) is 0 Å². The Morgan fingerprint density at radius 2 is 0.875 bits per heavy atom. The van der Waals surface area contributed by atoms with Crippen LogP contribution in [-0.4, -0.2) is 0 Å². The van der Waals surface area contributed by atoms with Crippen LogP contribution in [0.2, 0.25) is 0 Å². The largest absolute Gasteiger partial charge is 1.00 e. The molecule has 46 valence electrons. The number of halogens is 1. The summed E-state index contributed by atoms with van der Waals surface area (Å²) in [7, 11) is -4.94. The van der Waals surface area contributed by atoms with Gasteiger partial charge in [-0.2, -0.15) is 0 Å². The van der Waals surface area contributed by atoms with Crippen LogP contribution in [0, 0.1) is 10.2 Å². The number of rotatable bonds is 0. The maximum Gasteiger partial charge on any atom is 1.00 e. The Morgan fingerprint density at radius 1 is 0.875 bits per heavy atom. The van der Waals surface area contributed by atoms with Gasteiger partial charge in [-0.05, 0) is 0 Å². The molecule has 0 saturated carbocycles. The quantitative estimate of drug-likeness (QED) is 0.193. The monoisotopic (exact) mass is 138 g/mol. The predicted molar refractivity (Wildman–Crippen MR) is 8.37 cm³/mol. The van der Waals surface area contributed by atoms with E-state index in [2.05, 4.69) is 11.7 Å². The van der Waals surface area contributed by atoms with Gasteiger partial charge in [0.05, 0.1) is 0 Å². The Balaban J connectivity index is -0.0000000750. The van der Waals surface area contributed by atoms with Gasteiger partial charge in [-0.3, -0.25) is 11.7 Å². The van der Waals surface area contributed by atoms with Gasteiger partial charge in [0.15, 0.2) is 0 Å². The third kappa shape index (κ3) is 506. The van der Waals surface area contributed by atoms with Crippen LogP contribution in [0.4, 0.5) is 0 Å². The summed E-state index contributed by atoms with van der Waals surface area (Å²) in [6.45, 7) is 0. The molecule has 8 heteroatoms. The van der Waals surface area contributed by atoms with Crippen molar-refractivity contribution in [2.45, 2.75) is 0 Å². The van der Waals surface area contributed by atoms with Crippen LogP contribution < -0.4 is 49.2 Å². The molecule has 4 N–H and O–H groups in total. The van der Waals surface area contributed by atoms with Crippen molar-refractivity contribution in [3.05, 3.63) is 0 Å². The van der Waals surface area contributed by atoms with Crippen LogP contribution in [0.15, 0.2) is 0 Å². The maximum absolute atomic E-state index is 8.49. The summed E-state index contributed by atoms with van der Waals surface area (Å²) in [6, 6.07) is 0. The molecule has 0 aromatic carbocycles. The Morgan fingerprint density at radius 3 is 0.875 bits per heavy atom. The minimum atomic E-state index is -4.94. The summed E-state index contributed by atoms with van der Waals surface area (Å²) in [4.78, 5) is 0. The van der Waals surface area contributed by atoms with E-state index in [9.17, 15) is 0 Å². The number of hydrogen-bond donors (Lipinski definition) is 2. The molecule has 0 aliphatic carbocycles. The van der Waals surface area contributed by atoms with E-state index in [1.165, 1.54) is 0 Å². The van der Waals surface area contributed by atoms with Gasteiger partial charge in [0.25, 0.3) is 0 Å². The normalized spacial score (nSPS) is 8.25. The molecule has 0 spiro atoms. The van der Waals surface area contributed by atoms with E-state index >= 15 is 0 Å². The van der Waals surface area contributed by atoms with E-state index in [1.807, 2.05) is 0 Å². The van der Waals surface area contributed by atoms with E-state index in [-0.39, 0.29) is 18.9 Å². The molecule has 0 unspecified atom stereocenters. The van der Waals surface area contributed by atoms with Crippen molar-refractivity contribution in [2.75, 3.05) is 0 Å². The van der Waals surface area contributed by atoms with E-state index in [0.29, 0.717) is 0 Å². The Bertz CT molecular complexity index is 29.5. The molecular formula is H4ClLiN2O4. The van der Waals surface area contributed by atoms with Gasteiger partial charge < -0.3 is 0 Å². The fourth-order valence-electron chi connectivity index (χ4n) is 0. The summed E-state index contributed by atoms with van der Waals surface area (Å²) in [5.74, 6) is 8.00. The number of nitrogens with two attached hydrogens (primary N) is 2. The van der Waals surface area contributed by atoms with Crippen LogP contribution in [0.5, 0.6) is 0 Å². The third-order valence-electron chi connectivity index (χ3n) is 0. The van der Waals surface area contributed by atoms with Crippen molar-refractivity contribution < 1.29 is 47.7 Å². The summed E-state index contributed by atoms with van der Waals surface area (Å²) < 4.78 is 34.0. The van der Waals surface area contributed by atoms with Gasteiger partial charge >= 0.3 is 18.9 Å². The van der Waals surface area contributed by atoms with Crippen molar-refractivity contribution in [3.63, 3.8) is 0 Å². The molecule has 0 bridgehead atoms. The molecule has 0 heterocycles. The second-order valence-electron chi connectivity index (χ2n) is 0.378. The second-order valence-corrected chi connectivity index (χ2v) is 1.13. The fraction of sp³-hybridized carbons (Fsp3) is 0. The van der Waals surface area contributed by atoms with E-state index in [0.717, 1.165) is 0 Å². The van der Waals surface area contributed by atoms with Crippen LogP contribution in [0.1, 0.15) is 0 Å². The van der Waals surface area contributed by atoms with Crippen LogP contribution in [0.25, 0.3) is 0 Å². The fourth-order valence-corrected chi connectivity index (χ4v) is 0. The van der Waals surface area contributed by atoms with Crippen molar-refractivity contribution in [1.29, 1.82) is 0 Å². The first kappa shape index (κ1) is 15.9. The van der Waals surface area contributed by atoms with Gasteiger partial charge in [0.2, 0.25) is 0 Å². The molecule has 0 rings (SSSR count). The first-order valence-electron chi connectivity index (χ1n) is 0.951. The van der Waals surface area contributed by atoms with E-state index in [4.69, 9.17) is 18.6 Å². The molecule has 0 saturated heterocycles. The zero-order chi connectivity index (χ0) is 6.50. The minimum absolute atomic E-state index is 0. The molecule has 0 aliphatic rings. The second kappa shape index (κ2) is 7.65. The minimum Gasteiger partial charge on any atom is -0.274 e. The molecule has 0 atom stereocenters. The average Bonchev–Trinajstić information content (AvgIpc) is 1.36. The molecule has 0 amide bonds. The van der Waals surface area contributed by atoms with E-state index in [1.54, 1.807) is 0 Å². The van der Waals surface area contributed by atoms with Crippen molar-refractivity contribution in [3.8, 4) is 0 Å². The van der Waals surface area contributed by atoms with Crippen molar-refractivity contribution in [2.24, 2.45) is 11.7 Å². The summed E-state index contributed by atoms with van der Waals surface area (Å²) in [5.41, 5.74) is 0. The van der Waals surface area contributed by atoms with Crippen molar-refractivity contribution in [1.82, 2.24) is 0 Å². The topological polar surface area (TPSA) is 144 Å². The van der Waals surface area contributed by atoms with Gasteiger partial charge in [0, 0.05) is 0 Å². The first-order valence-corrected chi connectivity index (χ1v) is 2.18. The zero-order valence-corrected chi connectivity index (χ0v) is 4.92. The molecule has 0 aliphatic heterocycles. The van der Waals surface area contributed by atoms with Crippen LogP contribution in [-0.2, 0) is 0 Å². The van der Waals surface area contributed by atoms with Crippen molar-refractivity contribution >= 4 is 0 Å². The maximum atomic E-state index is 8.49.